The Kier molecular flexibility index (Phi) is 6.71. The minimum Gasteiger partial charge on any atom is -0.481 e. The molecule has 0 saturated carbocycles. The zero-order valence-electron chi connectivity index (χ0n) is 16.0. The number of anilines is 1. The lowest BCUT2D eigenvalue weighted by molar-refractivity contribution is -0.140. The fourth-order valence-corrected chi connectivity index (χ4v) is 3.95. The Balaban J connectivity index is 1.85. The molecule has 0 unspecified atom stereocenters. The van der Waals surface area contributed by atoms with E-state index in [1.165, 1.54) is 23.6 Å². The second kappa shape index (κ2) is 9.11. The van der Waals surface area contributed by atoms with Crippen LogP contribution < -0.4 is 4.90 Å². The van der Waals surface area contributed by atoms with E-state index in [1.807, 2.05) is 0 Å². The van der Waals surface area contributed by atoms with Gasteiger partial charge >= 0.3 is 12.1 Å². The van der Waals surface area contributed by atoms with Crippen LogP contribution in [0.25, 0.3) is 11.3 Å². The van der Waals surface area contributed by atoms with Gasteiger partial charge in [0.15, 0.2) is 5.13 Å². The van der Waals surface area contributed by atoms with Gasteiger partial charge in [0.05, 0.1) is 34.9 Å². The number of aromatic nitrogens is 1. The van der Waals surface area contributed by atoms with Gasteiger partial charge in [0.2, 0.25) is 5.91 Å². The third-order valence-electron chi connectivity index (χ3n) is 4.48. The Morgan fingerprint density at radius 2 is 2.06 bits per heavy atom. The first-order valence-corrected chi connectivity index (χ1v) is 10.2. The zero-order chi connectivity index (χ0) is 22.8. The van der Waals surface area contributed by atoms with Crippen LogP contribution in [-0.4, -0.2) is 29.0 Å². The molecular weight excluding hydrogens is 457 g/mol. The number of hydrogen-bond donors (Lipinski definition) is 1. The number of thiazole rings is 1. The molecule has 6 nitrogen and oxygen atoms in total. The van der Waals surface area contributed by atoms with E-state index in [1.54, 1.807) is 12.1 Å². The Labute approximate surface area is 183 Å². The number of rotatable bonds is 7. The highest BCUT2D eigenvalue weighted by Gasteiger charge is 2.32. The highest BCUT2D eigenvalue weighted by atomic mass is 35.5. The molecule has 0 aliphatic carbocycles. The predicted octanol–water partition coefficient (Wildman–Crippen LogP) is 5.37. The van der Waals surface area contributed by atoms with Crippen LogP contribution in [0.5, 0.6) is 0 Å². The van der Waals surface area contributed by atoms with Crippen molar-refractivity contribution >= 4 is 39.9 Å². The summed E-state index contributed by atoms with van der Waals surface area (Å²) >= 11 is 7.09. The van der Waals surface area contributed by atoms with E-state index < -0.39 is 36.0 Å². The van der Waals surface area contributed by atoms with Crippen molar-refractivity contribution in [2.45, 2.75) is 19.0 Å². The molecule has 0 aliphatic rings. The number of nitrogens with zero attached hydrogens (tertiary/aromatic N) is 2. The summed E-state index contributed by atoms with van der Waals surface area (Å²) in [7, 11) is 1.43. The van der Waals surface area contributed by atoms with Crippen molar-refractivity contribution in [3.8, 4) is 11.3 Å². The van der Waals surface area contributed by atoms with Gasteiger partial charge in [0, 0.05) is 24.4 Å². The highest BCUT2D eigenvalue weighted by molar-refractivity contribution is 7.14. The Morgan fingerprint density at radius 3 is 2.68 bits per heavy atom. The van der Waals surface area contributed by atoms with E-state index in [-0.39, 0.29) is 27.8 Å². The van der Waals surface area contributed by atoms with Gasteiger partial charge in [0.1, 0.15) is 5.76 Å². The van der Waals surface area contributed by atoms with E-state index in [2.05, 4.69) is 4.98 Å². The first kappa shape index (κ1) is 22.8. The Morgan fingerprint density at radius 1 is 1.32 bits per heavy atom. The van der Waals surface area contributed by atoms with Gasteiger partial charge in [-0.25, -0.2) is 4.98 Å². The average molecular weight is 473 g/mol. The van der Waals surface area contributed by atoms with E-state index in [0.717, 1.165) is 29.5 Å². The summed E-state index contributed by atoms with van der Waals surface area (Å²) in [5, 5.41) is 10.9. The minimum absolute atomic E-state index is 0.0810. The van der Waals surface area contributed by atoms with Crippen molar-refractivity contribution in [1.82, 2.24) is 4.98 Å². The number of carboxylic acids is 1. The minimum atomic E-state index is -4.54. The molecule has 1 N–H and O–H groups in total. The number of aliphatic carboxylic acids is 1. The summed E-state index contributed by atoms with van der Waals surface area (Å²) in [6.07, 6.45) is -3.45. The third kappa shape index (κ3) is 5.45. The number of benzene rings is 1. The first-order valence-electron chi connectivity index (χ1n) is 8.90. The van der Waals surface area contributed by atoms with Crippen molar-refractivity contribution in [3.63, 3.8) is 0 Å². The fourth-order valence-electron chi connectivity index (χ4n) is 2.94. The SMILES string of the molecule is CN(C(=O)[C@@H](CC(=O)O)Cc1ccco1)c1nc(-c2cc(C(F)(F)F)ccc2Cl)cs1. The maximum atomic E-state index is 13.0. The number of furan rings is 1. The van der Waals surface area contributed by atoms with Crippen molar-refractivity contribution in [3.05, 3.63) is 58.3 Å². The van der Waals surface area contributed by atoms with E-state index >= 15 is 0 Å². The maximum Gasteiger partial charge on any atom is 0.416 e. The van der Waals surface area contributed by atoms with Crippen LogP contribution in [0, 0.1) is 5.92 Å². The van der Waals surface area contributed by atoms with Gasteiger partial charge in [-0.3, -0.25) is 14.5 Å². The molecule has 0 radical (unpaired) electrons. The number of halogens is 4. The highest BCUT2D eigenvalue weighted by Crippen LogP contribution is 2.37. The molecule has 0 fully saturated rings. The number of amides is 1. The van der Waals surface area contributed by atoms with E-state index in [4.69, 9.17) is 21.1 Å². The van der Waals surface area contributed by atoms with Crippen LogP contribution in [0.2, 0.25) is 5.02 Å². The van der Waals surface area contributed by atoms with Gasteiger partial charge in [-0.1, -0.05) is 11.6 Å². The number of carbonyl (C=O) groups is 2. The van der Waals surface area contributed by atoms with Crippen molar-refractivity contribution in [2.75, 3.05) is 11.9 Å². The van der Waals surface area contributed by atoms with Gasteiger partial charge < -0.3 is 9.52 Å². The summed E-state index contributed by atoms with van der Waals surface area (Å²) in [4.78, 5) is 29.6. The quantitative estimate of drug-likeness (QED) is 0.499. The van der Waals surface area contributed by atoms with Gasteiger partial charge in [0.25, 0.3) is 0 Å². The normalized spacial score (nSPS) is 12.5. The lowest BCUT2D eigenvalue weighted by Gasteiger charge is -2.20. The molecule has 0 bridgehead atoms. The third-order valence-corrected chi connectivity index (χ3v) is 5.72. The van der Waals surface area contributed by atoms with Crippen LogP contribution in [0.3, 0.4) is 0 Å². The second-order valence-electron chi connectivity index (χ2n) is 6.68. The van der Waals surface area contributed by atoms with Crippen LogP contribution in [0.1, 0.15) is 17.7 Å². The molecule has 2 aromatic heterocycles. The van der Waals surface area contributed by atoms with Crippen molar-refractivity contribution in [2.24, 2.45) is 5.92 Å². The number of carbonyl (C=O) groups excluding carboxylic acids is 1. The van der Waals surface area contributed by atoms with Gasteiger partial charge in [-0.15, -0.1) is 11.3 Å². The Bertz CT molecular complexity index is 1080. The topological polar surface area (TPSA) is 83.6 Å². The predicted molar refractivity (Wildman–Crippen MR) is 109 cm³/mol. The molecule has 164 valence electrons. The van der Waals surface area contributed by atoms with Gasteiger partial charge in [-0.05, 0) is 30.3 Å². The standard InChI is InChI=1S/C20H16ClF3N2O4S/c1-26(18(29)11(8-17(27)28)7-13-3-2-6-30-13)19-25-16(10-31-19)14-9-12(20(22,23)24)4-5-15(14)21/h2-6,9-11H,7-8H2,1H3,(H,27,28)/t11-/m1/s1. The molecule has 3 aromatic rings. The monoisotopic (exact) mass is 472 g/mol. The molecule has 1 amide bonds. The number of carboxylic acid groups (broad SMARTS) is 1. The lowest BCUT2D eigenvalue weighted by atomic mass is 9.98. The molecule has 3 rings (SSSR count). The molecular formula is C20H16ClF3N2O4S. The molecule has 31 heavy (non-hydrogen) atoms. The molecule has 1 atom stereocenters. The van der Waals surface area contributed by atoms with Crippen molar-refractivity contribution < 1.29 is 32.3 Å². The zero-order valence-corrected chi connectivity index (χ0v) is 17.6. The molecule has 0 saturated heterocycles. The lowest BCUT2D eigenvalue weighted by Crippen LogP contribution is -2.35. The van der Waals surface area contributed by atoms with Gasteiger partial charge in [-0.2, -0.15) is 13.2 Å². The average Bonchev–Trinajstić information content (AvgIpc) is 3.37. The largest absolute Gasteiger partial charge is 0.481 e. The molecule has 1 aromatic carbocycles. The van der Waals surface area contributed by atoms with E-state index in [0.29, 0.717) is 5.76 Å². The first-order chi connectivity index (χ1) is 14.6. The molecule has 2 heterocycles. The summed E-state index contributed by atoms with van der Waals surface area (Å²) < 4.78 is 44.3. The maximum absolute atomic E-state index is 13.0. The molecule has 11 heteroatoms. The smallest absolute Gasteiger partial charge is 0.416 e. The van der Waals surface area contributed by atoms with Crippen LogP contribution in [0.15, 0.2) is 46.4 Å². The second-order valence-corrected chi connectivity index (χ2v) is 7.93. The molecule has 0 spiro atoms. The summed E-state index contributed by atoms with van der Waals surface area (Å²) in [6, 6.07) is 6.18. The summed E-state index contributed by atoms with van der Waals surface area (Å²) in [5.74, 6) is -2.09. The van der Waals surface area contributed by atoms with Crippen LogP contribution in [-0.2, 0) is 22.2 Å². The number of hydrogen-bond acceptors (Lipinski definition) is 5. The van der Waals surface area contributed by atoms with Crippen molar-refractivity contribution in [1.29, 1.82) is 0 Å². The number of alkyl halides is 3. The van der Waals surface area contributed by atoms with Crippen LogP contribution >= 0.6 is 22.9 Å². The van der Waals surface area contributed by atoms with E-state index in [9.17, 15) is 22.8 Å². The summed E-state index contributed by atoms with van der Waals surface area (Å²) in [6.45, 7) is 0. The fraction of sp³-hybridized carbons (Fsp3) is 0.250. The Hall–Kier alpha value is -2.85. The summed E-state index contributed by atoms with van der Waals surface area (Å²) in [5.41, 5.74) is -0.611. The molecule has 0 aliphatic heterocycles. The van der Waals surface area contributed by atoms with Crippen LogP contribution in [0.4, 0.5) is 18.3 Å².